The lowest BCUT2D eigenvalue weighted by atomic mass is 10.1. The summed E-state index contributed by atoms with van der Waals surface area (Å²) in [6.07, 6.45) is 0. The van der Waals surface area contributed by atoms with Gasteiger partial charge in [-0.3, -0.25) is 9.69 Å². The Morgan fingerprint density at radius 2 is 1.44 bits per heavy atom. The Morgan fingerprint density at radius 1 is 0.926 bits per heavy atom. The molecule has 0 spiro atoms. The molecule has 27 heavy (non-hydrogen) atoms. The number of carbonyl (C=O) groups is 1. The van der Waals surface area contributed by atoms with Gasteiger partial charge in [0.25, 0.3) is 5.91 Å². The smallest absolute Gasteiger partial charge is 0.253 e. The van der Waals surface area contributed by atoms with E-state index in [0.29, 0.717) is 31.7 Å². The highest BCUT2D eigenvalue weighted by molar-refractivity contribution is 5.94. The van der Waals surface area contributed by atoms with Crippen LogP contribution < -0.4 is 9.47 Å². The van der Waals surface area contributed by atoms with Crippen LogP contribution in [0, 0.1) is 11.3 Å². The minimum atomic E-state index is -0.325. The van der Waals surface area contributed by atoms with Gasteiger partial charge in [0.1, 0.15) is 17.5 Å². The molecule has 1 saturated heterocycles. The molecule has 2 aromatic carbocycles. The van der Waals surface area contributed by atoms with E-state index in [1.165, 1.54) is 0 Å². The highest BCUT2D eigenvalue weighted by Crippen LogP contribution is 2.24. The number of methoxy groups -OCH3 is 2. The van der Waals surface area contributed by atoms with Gasteiger partial charge in [-0.15, -0.1) is 0 Å². The van der Waals surface area contributed by atoms with Crippen LogP contribution in [0.3, 0.4) is 0 Å². The fraction of sp³-hybridized carbons (Fsp3) is 0.333. The molecule has 1 fully saturated rings. The van der Waals surface area contributed by atoms with Gasteiger partial charge < -0.3 is 14.4 Å². The molecule has 0 radical (unpaired) electrons. The molecule has 1 aliphatic rings. The first-order valence-electron chi connectivity index (χ1n) is 8.87. The van der Waals surface area contributed by atoms with E-state index in [0.717, 1.165) is 17.1 Å². The summed E-state index contributed by atoms with van der Waals surface area (Å²) in [5, 5.41) is 9.65. The van der Waals surface area contributed by atoms with Gasteiger partial charge in [-0.05, 0) is 42.0 Å². The minimum absolute atomic E-state index is 0.00950. The van der Waals surface area contributed by atoms with Crippen molar-refractivity contribution in [3.05, 3.63) is 59.7 Å². The summed E-state index contributed by atoms with van der Waals surface area (Å²) >= 11 is 0. The van der Waals surface area contributed by atoms with Gasteiger partial charge >= 0.3 is 0 Å². The van der Waals surface area contributed by atoms with Crippen LogP contribution in [0.2, 0.25) is 0 Å². The van der Waals surface area contributed by atoms with E-state index < -0.39 is 0 Å². The number of ether oxygens (including phenoxy) is 2. The van der Waals surface area contributed by atoms with E-state index in [-0.39, 0.29) is 11.9 Å². The summed E-state index contributed by atoms with van der Waals surface area (Å²) in [6, 6.07) is 16.8. The lowest BCUT2D eigenvalue weighted by Gasteiger charge is -2.37. The number of piperazine rings is 1. The van der Waals surface area contributed by atoms with E-state index in [1.807, 2.05) is 29.2 Å². The van der Waals surface area contributed by atoms with Crippen molar-refractivity contribution in [3.8, 4) is 17.6 Å². The maximum Gasteiger partial charge on any atom is 0.253 e. The number of hydrogen-bond acceptors (Lipinski definition) is 5. The van der Waals surface area contributed by atoms with Gasteiger partial charge in [0, 0.05) is 31.7 Å². The van der Waals surface area contributed by atoms with Crippen LogP contribution in [0.5, 0.6) is 11.5 Å². The highest BCUT2D eigenvalue weighted by Gasteiger charge is 2.27. The third-order valence-electron chi connectivity index (χ3n) is 4.86. The molecule has 0 aliphatic carbocycles. The summed E-state index contributed by atoms with van der Waals surface area (Å²) in [5.74, 6) is 1.51. The molecule has 1 amide bonds. The van der Waals surface area contributed by atoms with Gasteiger partial charge in [-0.2, -0.15) is 5.26 Å². The number of nitrogens with zero attached hydrogens (tertiary/aromatic N) is 3. The van der Waals surface area contributed by atoms with E-state index in [4.69, 9.17) is 9.47 Å². The van der Waals surface area contributed by atoms with Crippen LogP contribution >= 0.6 is 0 Å². The van der Waals surface area contributed by atoms with Gasteiger partial charge in [-0.25, -0.2) is 0 Å². The zero-order valence-corrected chi connectivity index (χ0v) is 15.6. The van der Waals surface area contributed by atoms with Crippen LogP contribution in [-0.2, 0) is 0 Å². The zero-order valence-electron chi connectivity index (χ0n) is 15.6. The molecule has 6 heteroatoms. The highest BCUT2D eigenvalue weighted by atomic mass is 16.5. The average Bonchev–Trinajstić information content (AvgIpc) is 2.75. The summed E-state index contributed by atoms with van der Waals surface area (Å²) in [5.41, 5.74) is 1.59. The molecule has 0 bridgehead atoms. The van der Waals surface area contributed by atoms with Gasteiger partial charge in [0.15, 0.2) is 0 Å². The van der Waals surface area contributed by atoms with Crippen molar-refractivity contribution in [2.75, 3.05) is 40.4 Å². The predicted octanol–water partition coefficient (Wildman–Crippen LogP) is 2.73. The first-order valence-corrected chi connectivity index (χ1v) is 8.87. The molecule has 6 nitrogen and oxygen atoms in total. The Bertz CT molecular complexity index is 804. The van der Waals surface area contributed by atoms with Gasteiger partial charge in [-0.1, -0.05) is 12.1 Å². The number of benzene rings is 2. The van der Waals surface area contributed by atoms with Gasteiger partial charge in [0.2, 0.25) is 0 Å². The summed E-state index contributed by atoms with van der Waals surface area (Å²) in [7, 11) is 3.22. The van der Waals surface area contributed by atoms with Crippen LogP contribution in [-0.4, -0.2) is 56.1 Å². The van der Waals surface area contributed by atoms with Crippen molar-refractivity contribution in [3.63, 3.8) is 0 Å². The fourth-order valence-corrected chi connectivity index (χ4v) is 3.25. The van der Waals surface area contributed by atoms with Crippen LogP contribution in [0.1, 0.15) is 22.0 Å². The summed E-state index contributed by atoms with van der Waals surface area (Å²) in [6.45, 7) is 2.51. The standard InChI is InChI=1S/C21H23N3O3/c1-26-18-7-3-16(4-8-18)20(15-22)23-11-13-24(14-12-23)21(25)17-5-9-19(27-2)10-6-17/h3-10,20H,11-14H2,1-2H3. The van der Waals surface area contributed by atoms with Crippen LogP contribution in [0.25, 0.3) is 0 Å². The maximum atomic E-state index is 12.7. The monoisotopic (exact) mass is 365 g/mol. The lowest BCUT2D eigenvalue weighted by molar-refractivity contribution is 0.0606. The molecule has 1 aliphatic heterocycles. The zero-order chi connectivity index (χ0) is 19.2. The SMILES string of the molecule is COc1ccc(C(=O)N2CCN(C(C#N)c3ccc(OC)cc3)CC2)cc1. The number of amides is 1. The molecular formula is C21H23N3O3. The second-order valence-electron chi connectivity index (χ2n) is 6.36. The lowest BCUT2D eigenvalue weighted by Crippen LogP contribution is -2.49. The number of nitriles is 1. The molecule has 2 aromatic rings. The largest absolute Gasteiger partial charge is 0.497 e. The number of carbonyl (C=O) groups excluding carboxylic acids is 1. The molecule has 0 N–H and O–H groups in total. The molecular weight excluding hydrogens is 342 g/mol. The second kappa shape index (κ2) is 8.56. The number of rotatable bonds is 5. The first-order chi connectivity index (χ1) is 13.2. The molecule has 0 saturated carbocycles. The topological polar surface area (TPSA) is 65.8 Å². The molecule has 1 heterocycles. The van der Waals surface area contributed by atoms with E-state index in [1.54, 1.807) is 38.5 Å². The van der Waals surface area contributed by atoms with Crippen molar-refractivity contribution in [2.45, 2.75) is 6.04 Å². The Hall–Kier alpha value is -3.04. The molecule has 1 unspecified atom stereocenters. The minimum Gasteiger partial charge on any atom is -0.497 e. The molecule has 0 aromatic heterocycles. The van der Waals surface area contributed by atoms with E-state index in [2.05, 4.69) is 11.0 Å². The quantitative estimate of drug-likeness (QED) is 0.815. The summed E-state index contributed by atoms with van der Waals surface area (Å²) in [4.78, 5) is 16.6. The van der Waals surface area contributed by atoms with Crippen LogP contribution in [0.15, 0.2) is 48.5 Å². The second-order valence-corrected chi connectivity index (χ2v) is 6.36. The van der Waals surface area contributed by atoms with Crippen molar-refractivity contribution in [1.29, 1.82) is 5.26 Å². The van der Waals surface area contributed by atoms with Crippen molar-refractivity contribution < 1.29 is 14.3 Å². The Balaban J connectivity index is 1.62. The third kappa shape index (κ3) is 4.21. The molecule has 140 valence electrons. The third-order valence-corrected chi connectivity index (χ3v) is 4.86. The first kappa shape index (κ1) is 18.7. The normalized spacial score (nSPS) is 15.7. The van der Waals surface area contributed by atoms with Crippen molar-refractivity contribution in [1.82, 2.24) is 9.80 Å². The van der Waals surface area contributed by atoms with Crippen molar-refractivity contribution in [2.24, 2.45) is 0 Å². The fourth-order valence-electron chi connectivity index (χ4n) is 3.25. The Labute approximate surface area is 159 Å². The maximum absolute atomic E-state index is 12.7. The van der Waals surface area contributed by atoms with Gasteiger partial charge in [0.05, 0.1) is 20.3 Å². The number of hydrogen-bond donors (Lipinski definition) is 0. The summed E-state index contributed by atoms with van der Waals surface area (Å²) < 4.78 is 10.3. The van der Waals surface area contributed by atoms with E-state index >= 15 is 0 Å². The molecule has 3 rings (SSSR count). The van der Waals surface area contributed by atoms with Crippen molar-refractivity contribution >= 4 is 5.91 Å². The molecule has 1 atom stereocenters. The predicted molar refractivity (Wildman–Crippen MR) is 102 cm³/mol. The Kier molecular flexibility index (Phi) is 5.94. The Morgan fingerprint density at radius 3 is 1.93 bits per heavy atom. The van der Waals surface area contributed by atoms with Crippen LogP contribution in [0.4, 0.5) is 0 Å². The average molecular weight is 365 g/mol. The van der Waals surface area contributed by atoms with E-state index in [9.17, 15) is 10.1 Å².